The van der Waals surface area contributed by atoms with Crippen LogP contribution in [-0.2, 0) is 4.74 Å². The summed E-state index contributed by atoms with van der Waals surface area (Å²) in [5.41, 5.74) is 0.788. The predicted octanol–water partition coefficient (Wildman–Crippen LogP) is 5.73. The lowest BCUT2D eigenvalue weighted by atomic mass is 10.2. The van der Waals surface area contributed by atoms with E-state index in [1.807, 2.05) is 30.4 Å². The topological polar surface area (TPSA) is 26.3 Å². The molecule has 3 rings (SSSR count). The molecule has 0 aliphatic carbocycles. The molecule has 2 aliphatic rings. The number of ether oxygens (including phenoxy) is 1. The first-order valence-electron chi connectivity index (χ1n) is 6.86. The summed E-state index contributed by atoms with van der Waals surface area (Å²) in [7, 11) is 0. The van der Waals surface area contributed by atoms with Gasteiger partial charge in [-0.05, 0) is 40.7 Å². The first-order valence-corrected chi connectivity index (χ1v) is 10.1. The standard InChI is InChI=1S/C15H18O2S4/c1-6-17-13(16)10-11-8(18-14(2,3)20-11)7-9-12(10)21-15(4,5)19-9/h7H,6H2,1-5H3. The smallest absolute Gasteiger partial charge is 0.340 e. The highest BCUT2D eigenvalue weighted by Crippen LogP contribution is 2.63. The third-order valence-electron chi connectivity index (χ3n) is 3.05. The van der Waals surface area contributed by atoms with Crippen LogP contribution in [-0.4, -0.2) is 20.7 Å². The minimum Gasteiger partial charge on any atom is -0.462 e. The van der Waals surface area contributed by atoms with Gasteiger partial charge in [0.25, 0.3) is 0 Å². The van der Waals surface area contributed by atoms with Crippen LogP contribution in [0, 0.1) is 0 Å². The van der Waals surface area contributed by atoms with Gasteiger partial charge >= 0.3 is 5.97 Å². The van der Waals surface area contributed by atoms with Gasteiger partial charge in [0, 0.05) is 19.6 Å². The molecule has 0 aromatic heterocycles. The van der Waals surface area contributed by atoms with Crippen molar-refractivity contribution in [2.24, 2.45) is 0 Å². The number of esters is 1. The Labute approximate surface area is 142 Å². The van der Waals surface area contributed by atoms with Crippen molar-refractivity contribution in [3.8, 4) is 0 Å². The number of hydrogen-bond acceptors (Lipinski definition) is 6. The van der Waals surface area contributed by atoms with E-state index in [9.17, 15) is 4.79 Å². The summed E-state index contributed by atoms with van der Waals surface area (Å²) in [5.74, 6) is -0.179. The minimum absolute atomic E-state index is 0.0729. The Morgan fingerprint density at radius 3 is 1.90 bits per heavy atom. The first kappa shape index (κ1) is 16.0. The largest absolute Gasteiger partial charge is 0.462 e. The molecular weight excluding hydrogens is 340 g/mol. The highest BCUT2D eigenvalue weighted by molar-refractivity contribution is 8.21. The van der Waals surface area contributed by atoms with E-state index in [1.165, 1.54) is 9.79 Å². The molecule has 2 heterocycles. The SMILES string of the molecule is CCOC(=O)c1c2c(cc3c1SC(C)(C)S3)SC(C)(C)S2. The lowest BCUT2D eigenvalue weighted by Crippen LogP contribution is -2.09. The van der Waals surface area contributed by atoms with Crippen molar-refractivity contribution < 1.29 is 9.53 Å². The molecule has 0 N–H and O–H groups in total. The summed E-state index contributed by atoms with van der Waals surface area (Å²) >= 11 is 7.24. The van der Waals surface area contributed by atoms with Gasteiger partial charge in [-0.25, -0.2) is 4.79 Å². The van der Waals surface area contributed by atoms with Crippen LogP contribution in [0.3, 0.4) is 0 Å². The number of fused-ring (bicyclic) bond motifs is 2. The first-order chi connectivity index (χ1) is 9.72. The summed E-state index contributed by atoms with van der Waals surface area (Å²) in [5, 5.41) is 0. The molecule has 0 radical (unpaired) electrons. The summed E-state index contributed by atoms with van der Waals surface area (Å²) < 4.78 is 5.48. The Bertz CT molecular complexity index is 580. The third kappa shape index (κ3) is 2.96. The Balaban J connectivity index is 2.15. The zero-order valence-electron chi connectivity index (χ0n) is 12.7. The van der Waals surface area contributed by atoms with Gasteiger partial charge in [-0.2, -0.15) is 0 Å². The third-order valence-corrected chi connectivity index (χ3v) is 8.62. The fourth-order valence-corrected chi connectivity index (χ4v) is 8.10. The van der Waals surface area contributed by atoms with Crippen molar-refractivity contribution in [1.82, 2.24) is 0 Å². The molecule has 0 fully saturated rings. The quantitative estimate of drug-likeness (QED) is 0.626. The van der Waals surface area contributed by atoms with Gasteiger partial charge in [-0.3, -0.25) is 0 Å². The fraction of sp³-hybridized carbons (Fsp3) is 0.533. The van der Waals surface area contributed by atoms with Crippen LogP contribution in [0.15, 0.2) is 25.6 Å². The van der Waals surface area contributed by atoms with E-state index in [1.54, 1.807) is 23.5 Å². The Morgan fingerprint density at radius 2 is 1.48 bits per heavy atom. The molecule has 1 aromatic carbocycles. The molecule has 2 nitrogen and oxygen atoms in total. The highest BCUT2D eigenvalue weighted by atomic mass is 32.2. The predicted molar refractivity (Wildman–Crippen MR) is 94.0 cm³/mol. The zero-order valence-corrected chi connectivity index (χ0v) is 16.0. The maximum atomic E-state index is 12.5. The number of hydrogen-bond donors (Lipinski definition) is 0. The average Bonchev–Trinajstić information content (AvgIpc) is 2.78. The second kappa shape index (κ2) is 5.32. The number of benzene rings is 1. The van der Waals surface area contributed by atoms with Crippen LogP contribution in [0.25, 0.3) is 0 Å². The molecule has 0 unspecified atom stereocenters. The van der Waals surface area contributed by atoms with Gasteiger partial charge in [0.1, 0.15) is 0 Å². The molecule has 0 saturated carbocycles. The van der Waals surface area contributed by atoms with E-state index in [4.69, 9.17) is 4.74 Å². The number of carbonyl (C=O) groups excluding carboxylic acids is 1. The molecule has 21 heavy (non-hydrogen) atoms. The average molecular weight is 359 g/mol. The Kier molecular flexibility index (Phi) is 4.05. The van der Waals surface area contributed by atoms with Crippen LogP contribution >= 0.6 is 47.0 Å². The van der Waals surface area contributed by atoms with Gasteiger partial charge in [0.2, 0.25) is 0 Å². The van der Waals surface area contributed by atoms with E-state index < -0.39 is 0 Å². The summed E-state index contributed by atoms with van der Waals surface area (Å²) in [6.07, 6.45) is 0. The van der Waals surface area contributed by atoms with Crippen LogP contribution in [0.1, 0.15) is 45.0 Å². The molecule has 0 bridgehead atoms. The van der Waals surface area contributed by atoms with E-state index in [0.29, 0.717) is 6.61 Å². The molecule has 0 atom stereocenters. The monoisotopic (exact) mass is 358 g/mol. The van der Waals surface area contributed by atoms with Crippen molar-refractivity contribution in [1.29, 1.82) is 0 Å². The van der Waals surface area contributed by atoms with E-state index in [-0.39, 0.29) is 14.1 Å². The molecule has 6 heteroatoms. The number of rotatable bonds is 2. The Morgan fingerprint density at radius 1 is 1.00 bits per heavy atom. The maximum absolute atomic E-state index is 12.5. The van der Waals surface area contributed by atoms with Crippen molar-refractivity contribution in [2.75, 3.05) is 6.61 Å². The number of thioether (sulfide) groups is 4. The lowest BCUT2D eigenvalue weighted by molar-refractivity contribution is 0.0517. The zero-order chi connectivity index (χ0) is 15.4. The minimum atomic E-state index is -0.179. The normalized spacial score (nSPS) is 21.0. The second-order valence-electron chi connectivity index (χ2n) is 5.83. The van der Waals surface area contributed by atoms with Crippen LogP contribution < -0.4 is 0 Å². The van der Waals surface area contributed by atoms with E-state index >= 15 is 0 Å². The lowest BCUT2D eigenvalue weighted by Gasteiger charge is -2.15. The Hall–Kier alpha value is 0.0900. The molecule has 114 valence electrons. The van der Waals surface area contributed by atoms with Crippen molar-refractivity contribution in [2.45, 2.75) is 62.4 Å². The summed E-state index contributed by atoms with van der Waals surface area (Å²) in [6.45, 7) is 11.1. The van der Waals surface area contributed by atoms with Crippen molar-refractivity contribution in [3.63, 3.8) is 0 Å². The van der Waals surface area contributed by atoms with Gasteiger partial charge < -0.3 is 4.74 Å². The van der Waals surface area contributed by atoms with Crippen LogP contribution in [0.5, 0.6) is 0 Å². The molecule has 2 aliphatic heterocycles. The van der Waals surface area contributed by atoms with Gasteiger partial charge in [-0.1, -0.05) is 0 Å². The van der Waals surface area contributed by atoms with Crippen LogP contribution in [0.2, 0.25) is 0 Å². The van der Waals surface area contributed by atoms with Crippen LogP contribution in [0.4, 0.5) is 0 Å². The highest BCUT2D eigenvalue weighted by Gasteiger charge is 2.41. The molecule has 1 aromatic rings. The van der Waals surface area contributed by atoms with E-state index in [0.717, 1.165) is 15.4 Å². The van der Waals surface area contributed by atoms with Gasteiger partial charge in [0.05, 0.1) is 20.3 Å². The van der Waals surface area contributed by atoms with Crippen molar-refractivity contribution in [3.05, 3.63) is 11.6 Å². The summed E-state index contributed by atoms with van der Waals surface area (Å²) in [4.78, 5) is 17.2. The van der Waals surface area contributed by atoms with Crippen molar-refractivity contribution >= 4 is 53.0 Å². The molecular formula is C15H18O2S4. The number of carbonyl (C=O) groups is 1. The van der Waals surface area contributed by atoms with E-state index in [2.05, 4.69) is 33.8 Å². The van der Waals surface area contributed by atoms with Gasteiger partial charge in [-0.15, -0.1) is 47.0 Å². The summed E-state index contributed by atoms with van der Waals surface area (Å²) in [6, 6.07) is 2.26. The molecule has 0 saturated heterocycles. The second-order valence-corrected chi connectivity index (χ2v) is 12.9. The molecule has 0 spiro atoms. The van der Waals surface area contributed by atoms with Gasteiger partial charge in [0.15, 0.2) is 0 Å². The molecule has 0 amide bonds. The fourth-order valence-electron chi connectivity index (χ4n) is 2.41. The maximum Gasteiger partial charge on any atom is 0.340 e.